The molecule has 0 radical (unpaired) electrons. The zero-order valence-corrected chi connectivity index (χ0v) is 7.86. The smallest absolute Gasteiger partial charge is 0.163 e. The first-order chi connectivity index (χ1) is 6.75. The van der Waals surface area contributed by atoms with E-state index in [4.69, 9.17) is 0 Å². The summed E-state index contributed by atoms with van der Waals surface area (Å²) in [5.74, 6) is 0.750. The summed E-state index contributed by atoms with van der Waals surface area (Å²) < 4.78 is 0. The minimum atomic E-state index is 0.118. The Morgan fingerprint density at radius 2 is 2.29 bits per heavy atom. The Hall–Kier alpha value is -1.35. The van der Waals surface area contributed by atoms with Gasteiger partial charge in [-0.15, -0.1) is 0 Å². The summed E-state index contributed by atoms with van der Waals surface area (Å²) >= 11 is 0. The highest BCUT2D eigenvalue weighted by atomic mass is 16.3. The van der Waals surface area contributed by atoms with Crippen LogP contribution in [0.5, 0.6) is 5.75 Å². The van der Waals surface area contributed by atoms with E-state index >= 15 is 0 Å². The van der Waals surface area contributed by atoms with Crippen LogP contribution in [0.1, 0.15) is 16.8 Å². The van der Waals surface area contributed by atoms with E-state index in [0.29, 0.717) is 17.9 Å². The van der Waals surface area contributed by atoms with Crippen LogP contribution in [0.3, 0.4) is 0 Å². The minimum Gasteiger partial charge on any atom is -0.508 e. The number of carbonyl (C=O) groups is 1. The van der Waals surface area contributed by atoms with Crippen LogP contribution in [-0.2, 0) is 0 Å². The van der Waals surface area contributed by atoms with Crippen LogP contribution in [0.2, 0.25) is 0 Å². The number of phenols is 1. The molecule has 3 nitrogen and oxygen atoms in total. The first-order valence-electron chi connectivity index (χ1n) is 4.78. The highest BCUT2D eigenvalue weighted by Crippen LogP contribution is 2.16. The lowest BCUT2D eigenvalue weighted by Gasteiger charge is -2.26. The van der Waals surface area contributed by atoms with E-state index in [1.807, 2.05) is 0 Å². The second-order valence-electron chi connectivity index (χ2n) is 3.70. The fraction of sp³-hybridized carbons (Fsp3) is 0.364. The van der Waals surface area contributed by atoms with Crippen molar-refractivity contribution in [3.05, 3.63) is 29.8 Å². The van der Waals surface area contributed by atoms with Gasteiger partial charge in [-0.05, 0) is 31.1 Å². The van der Waals surface area contributed by atoms with Crippen LogP contribution in [-0.4, -0.2) is 24.0 Å². The maximum absolute atomic E-state index is 11.7. The maximum Gasteiger partial charge on any atom is 0.163 e. The lowest BCUT2D eigenvalue weighted by molar-refractivity contribution is 0.0945. The number of aromatic hydroxyl groups is 1. The van der Waals surface area contributed by atoms with Gasteiger partial charge in [-0.25, -0.2) is 0 Å². The first kappa shape index (κ1) is 9.21. The van der Waals surface area contributed by atoms with Crippen molar-refractivity contribution < 1.29 is 9.90 Å². The fourth-order valence-corrected chi connectivity index (χ4v) is 1.55. The number of phenolic OH excluding ortho intramolecular Hbond substituents is 1. The molecule has 0 atom stereocenters. The van der Waals surface area contributed by atoms with Gasteiger partial charge in [0.15, 0.2) is 5.78 Å². The minimum absolute atomic E-state index is 0.118. The lowest BCUT2D eigenvalue weighted by atomic mass is 9.94. The molecule has 1 heterocycles. The predicted molar refractivity (Wildman–Crippen MR) is 53.4 cm³/mol. The number of nitrogens with one attached hydrogen (secondary N) is 1. The molecule has 0 aliphatic carbocycles. The maximum atomic E-state index is 11.7. The van der Waals surface area contributed by atoms with Gasteiger partial charge in [-0.2, -0.15) is 0 Å². The summed E-state index contributed by atoms with van der Waals surface area (Å²) in [6, 6.07) is 6.53. The molecule has 1 aliphatic heterocycles. The normalized spacial score (nSPS) is 16.3. The summed E-state index contributed by atoms with van der Waals surface area (Å²) in [5.41, 5.74) is 0.608. The quantitative estimate of drug-likeness (QED) is 0.705. The molecule has 0 saturated carbocycles. The zero-order valence-electron chi connectivity index (χ0n) is 7.86. The SMILES string of the molecule is O=C(CC1CNC1)c1cccc(O)c1. The Labute approximate surface area is 82.8 Å². The van der Waals surface area contributed by atoms with Gasteiger partial charge in [-0.1, -0.05) is 12.1 Å². The second kappa shape index (κ2) is 3.80. The number of hydrogen-bond donors (Lipinski definition) is 2. The fourth-order valence-electron chi connectivity index (χ4n) is 1.55. The van der Waals surface area contributed by atoms with Crippen LogP contribution in [0.15, 0.2) is 24.3 Å². The second-order valence-corrected chi connectivity index (χ2v) is 3.70. The molecule has 0 unspecified atom stereocenters. The van der Waals surface area contributed by atoms with Gasteiger partial charge in [0.1, 0.15) is 5.75 Å². The summed E-state index contributed by atoms with van der Waals surface area (Å²) in [4.78, 5) is 11.7. The van der Waals surface area contributed by atoms with Crippen molar-refractivity contribution in [2.45, 2.75) is 6.42 Å². The van der Waals surface area contributed by atoms with Crippen LogP contribution in [0, 0.1) is 5.92 Å². The third-order valence-electron chi connectivity index (χ3n) is 2.51. The molecule has 1 saturated heterocycles. The molecular formula is C11H13NO2. The van der Waals surface area contributed by atoms with Crippen molar-refractivity contribution in [2.24, 2.45) is 5.92 Å². The molecule has 1 aromatic rings. The molecule has 0 spiro atoms. The van der Waals surface area contributed by atoms with Gasteiger partial charge >= 0.3 is 0 Å². The van der Waals surface area contributed by atoms with E-state index in [-0.39, 0.29) is 11.5 Å². The Bertz CT molecular complexity index is 345. The Morgan fingerprint density at radius 3 is 2.86 bits per heavy atom. The highest BCUT2D eigenvalue weighted by Gasteiger charge is 2.20. The zero-order chi connectivity index (χ0) is 9.97. The average molecular weight is 191 g/mol. The van der Waals surface area contributed by atoms with Crippen molar-refractivity contribution >= 4 is 5.78 Å². The van der Waals surface area contributed by atoms with Crippen LogP contribution >= 0.6 is 0 Å². The van der Waals surface area contributed by atoms with E-state index < -0.39 is 0 Å². The van der Waals surface area contributed by atoms with Gasteiger partial charge in [0, 0.05) is 12.0 Å². The molecular weight excluding hydrogens is 178 g/mol. The number of rotatable bonds is 3. The topological polar surface area (TPSA) is 49.3 Å². The largest absolute Gasteiger partial charge is 0.508 e. The predicted octanol–water partition coefficient (Wildman–Crippen LogP) is 1.18. The summed E-state index contributed by atoms with van der Waals surface area (Å²) in [6.07, 6.45) is 0.580. The molecule has 2 N–H and O–H groups in total. The van der Waals surface area contributed by atoms with Gasteiger partial charge in [0.2, 0.25) is 0 Å². The standard InChI is InChI=1S/C11H13NO2/c13-10-3-1-2-9(5-10)11(14)4-8-6-12-7-8/h1-3,5,8,12-13H,4,6-7H2. The molecule has 3 heteroatoms. The van der Waals surface area contributed by atoms with Gasteiger partial charge in [0.05, 0.1) is 0 Å². The van der Waals surface area contributed by atoms with Crippen molar-refractivity contribution in [3.8, 4) is 5.75 Å². The Kier molecular flexibility index (Phi) is 2.50. The molecule has 1 aromatic carbocycles. The van der Waals surface area contributed by atoms with Gasteiger partial charge in [0.25, 0.3) is 0 Å². The Balaban J connectivity index is 2.02. The van der Waals surface area contributed by atoms with E-state index in [0.717, 1.165) is 13.1 Å². The molecule has 2 rings (SSSR count). The average Bonchev–Trinajstić information content (AvgIpc) is 2.11. The monoisotopic (exact) mass is 191 g/mol. The van der Waals surface area contributed by atoms with Crippen molar-refractivity contribution in [2.75, 3.05) is 13.1 Å². The number of ketones is 1. The summed E-state index contributed by atoms with van der Waals surface area (Å²) in [5, 5.41) is 12.3. The van der Waals surface area contributed by atoms with E-state index in [2.05, 4.69) is 5.32 Å². The first-order valence-corrected chi connectivity index (χ1v) is 4.78. The lowest BCUT2D eigenvalue weighted by Crippen LogP contribution is -2.42. The van der Waals surface area contributed by atoms with Crippen molar-refractivity contribution in [3.63, 3.8) is 0 Å². The number of hydrogen-bond acceptors (Lipinski definition) is 3. The highest BCUT2D eigenvalue weighted by molar-refractivity contribution is 5.96. The molecule has 14 heavy (non-hydrogen) atoms. The van der Waals surface area contributed by atoms with Crippen LogP contribution in [0.25, 0.3) is 0 Å². The molecule has 74 valence electrons. The van der Waals surface area contributed by atoms with E-state index in [9.17, 15) is 9.90 Å². The third-order valence-corrected chi connectivity index (χ3v) is 2.51. The number of carbonyl (C=O) groups excluding carboxylic acids is 1. The van der Waals surface area contributed by atoms with Crippen LogP contribution < -0.4 is 5.32 Å². The third kappa shape index (κ3) is 1.93. The summed E-state index contributed by atoms with van der Waals surface area (Å²) in [7, 11) is 0. The molecule has 0 bridgehead atoms. The molecule has 1 aliphatic rings. The molecule has 0 amide bonds. The van der Waals surface area contributed by atoms with Crippen molar-refractivity contribution in [1.29, 1.82) is 0 Å². The van der Waals surface area contributed by atoms with E-state index in [1.54, 1.807) is 18.2 Å². The molecule has 1 fully saturated rings. The van der Waals surface area contributed by atoms with Gasteiger partial charge < -0.3 is 10.4 Å². The molecule has 0 aromatic heterocycles. The Morgan fingerprint density at radius 1 is 1.50 bits per heavy atom. The van der Waals surface area contributed by atoms with Crippen LogP contribution in [0.4, 0.5) is 0 Å². The van der Waals surface area contributed by atoms with Gasteiger partial charge in [-0.3, -0.25) is 4.79 Å². The van der Waals surface area contributed by atoms with Crippen molar-refractivity contribution in [1.82, 2.24) is 5.32 Å². The number of Topliss-reactive ketones (excluding diaryl/α,β-unsaturated/α-hetero) is 1. The summed E-state index contributed by atoms with van der Waals surface area (Å²) in [6.45, 7) is 1.87. The van der Waals surface area contributed by atoms with E-state index in [1.165, 1.54) is 6.07 Å². The number of benzene rings is 1.